The van der Waals surface area contributed by atoms with Crippen LogP contribution in [0.25, 0.3) is 0 Å². The zero-order chi connectivity index (χ0) is 7.78. The summed E-state index contributed by atoms with van der Waals surface area (Å²) < 4.78 is 46.6. The van der Waals surface area contributed by atoms with E-state index in [1.807, 2.05) is 0 Å². The lowest BCUT2D eigenvalue weighted by Crippen LogP contribution is -2.11. The van der Waals surface area contributed by atoms with E-state index in [1.165, 1.54) is 0 Å². The lowest BCUT2D eigenvalue weighted by Gasteiger charge is -2.02. The summed E-state index contributed by atoms with van der Waals surface area (Å²) in [6.45, 7) is -0.628. The average molecular weight is 156 g/mol. The van der Waals surface area contributed by atoms with Gasteiger partial charge in [0.05, 0.1) is 12.6 Å². The largest absolute Gasteiger partial charge is 0.392 e. The molecule has 0 nitrogen and oxygen atoms in total. The van der Waals surface area contributed by atoms with E-state index in [0.29, 0.717) is 0 Å². The number of rotatable bonds is 2. The fourth-order valence-electron chi connectivity index (χ4n) is 1.11. The van der Waals surface area contributed by atoms with Crippen LogP contribution in [0, 0.1) is 11.8 Å². The minimum absolute atomic E-state index is 0.0736. The Morgan fingerprint density at radius 2 is 1.90 bits per heavy atom. The molecule has 0 aliphatic heterocycles. The third kappa shape index (κ3) is 1.61. The van der Waals surface area contributed by atoms with Gasteiger partial charge >= 0.3 is 6.18 Å². The molecule has 0 radical (unpaired) electrons. The summed E-state index contributed by atoms with van der Waals surface area (Å²) in [4.78, 5) is 0. The van der Waals surface area contributed by atoms with Crippen LogP contribution in [-0.2, 0) is 0 Å². The minimum atomic E-state index is -4.08. The van der Waals surface area contributed by atoms with E-state index in [-0.39, 0.29) is 12.8 Å². The predicted molar refractivity (Wildman–Crippen MR) is 28.2 cm³/mol. The summed E-state index contributed by atoms with van der Waals surface area (Å²) in [6.07, 6.45) is -3.88. The molecule has 1 fully saturated rings. The maximum atomic E-state index is 11.7. The van der Waals surface area contributed by atoms with Gasteiger partial charge in [-0.2, -0.15) is 13.2 Å². The Morgan fingerprint density at radius 3 is 2.20 bits per heavy atom. The molecule has 0 bridgehead atoms. The molecular formula is C6H8F4. The molecule has 1 saturated carbocycles. The second-order valence-corrected chi connectivity index (χ2v) is 2.62. The van der Waals surface area contributed by atoms with Crippen molar-refractivity contribution in [1.29, 1.82) is 0 Å². The standard InChI is InChI=1S/C6H8F4/c7-2-1-4-3-5(4)6(8,9)10/h4-5H,1-3H2. The number of alkyl halides is 4. The van der Waals surface area contributed by atoms with Gasteiger partial charge in [-0.05, 0) is 18.8 Å². The summed E-state index contributed by atoms with van der Waals surface area (Å²) in [5.41, 5.74) is 0. The smallest absolute Gasteiger partial charge is 0.251 e. The van der Waals surface area contributed by atoms with Crippen molar-refractivity contribution in [2.75, 3.05) is 6.67 Å². The van der Waals surface area contributed by atoms with E-state index in [1.54, 1.807) is 0 Å². The van der Waals surface area contributed by atoms with Gasteiger partial charge in [0.1, 0.15) is 0 Å². The summed E-state index contributed by atoms with van der Waals surface area (Å²) in [5.74, 6) is -1.63. The van der Waals surface area contributed by atoms with Crippen molar-refractivity contribution in [1.82, 2.24) is 0 Å². The summed E-state index contributed by atoms with van der Waals surface area (Å²) in [7, 11) is 0. The van der Waals surface area contributed by atoms with Crippen LogP contribution in [0.5, 0.6) is 0 Å². The van der Waals surface area contributed by atoms with Gasteiger partial charge in [-0.25, -0.2) is 0 Å². The van der Waals surface area contributed by atoms with Crippen molar-refractivity contribution in [3.8, 4) is 0 Å². The minimum Gasteiger partial charge on any atom is -0.251 e. The van der Waals surface area contributed by atoms with Gasteiger partial charge in [0, 0.05) is 0 Å². The molecule has 1 aliphatic carbocycles. The molecule has 10 heavy (non-hydrogen) atoms. The van der Waals surface area contributed by atoms with Crippen molar-refractivity contribution in [3.05, 3.63) is 0 Å². The molecule has 2 unspecified atom stereocenters. The lowest BCUT2D eigenvalue weighted by molar-refractivity contribution is -0.151. The second kappa shape index (κ2) is 2.40. The van der Waals surface area contributed by atoms with Crippen LogP contribution in [0.3, 0.4) is 0 Å². The molecular weight excluding hydrogens is 148 g/mol. The number of hydrogen-bond acceptors (Lipinski definition) is 0. The van der Waals surface area contributed by atoms with Gasteiger partial charge in [0.2, 0.25) is 0 Å². The SMILES string of the molecule is FCCC1CC1C(F)(F)F. The third-order valence-electron chi connectivity index (χ3n) is 1.82. The Morgan fingerprint density at radius 1 is 1.30 bits per heavy atom. The highest BCUT2D eigenvalue weighted by Crippen LogP contribution is 2.51. The normalized spacial score (nSPS) is 32.4. The molecule has 0 N–H and O–H groups in total. The molecule has 0 aromatic heterocycles. The lowest BCUT2D eigenvalue weighted by atomic mass is 10.2. The maximum absolute atomic E-state index is 11.7. The Balaban J connectivity index is 2.25. The van der Waals surface area contributed by atoms with E-state index in [2.05, 4.69) is 0 Å². The first-order valence-electron chi connectivity index (χ1n) is 3.18. The molecule has 1 aliphatic rings. The molecule has 0 aromatic rings. The van der Waals surface area contributed by atoms with Crippen molar-refractivity contribution in [2.24, 2.45) is 11.8 Å². The van der Waals surface area contributed by atoms with Crippen molar-refractivity contribution < 1.29 is 17.6 Å². The molecule has 60 valence electrons. The van der Waals surface area contributed by atoms with Crippen LogP contribution in [-0.4, -0.2) is 12.9 Å². The number of halogens is 4. The summed E-state index contributed by atoms with van der Waals surface area (Å²) in [6, 6.07) is 0. The topological polar surface area (TPSA) is 0 Å². The van der Waals surface area contributed by atoms with Crippen LogP contribution in [0.1, 0.15) is 12.8 Å². The molecule has 2 atom stereocenters. The van der Waals surface area contributed by atoms with Gasteiger partial charge in [0.25, 0.3) is 0 Å². The highest BCUT2D eigenvalue weighted by Gasteiger charge is 2.54. The average Bonchev–Trinajstić information content (AvgIpc) is 2.44. The molecule has 0 amide bonds. The fraction of sp³-hybridized carbons (Fsp3) is 1.00. The van der Waals surface area contributed by atoms with Crippen LogP contribution in [0.15, 0.2) is 0 Å². The van der Waals surface area contributed by atoms with Gasteiger partial charge in [-0.1, -0.05) is 0 Å². The number of hydrogen-bond donors (Lipinski definition) is 0. The van der Waals surface area contributed by atoms with E-state index in [4.69, 9.17) is 0 Å². The van der Waals surface area contributed by atoms with E-state index in [9.17, 15) is 17.6 Å². The van der Waals surface area contributed by atoms with Gasteiger partial charge in [-0.15, -0.1) is 0 Å². The van der Waals surface area contributed by atoms with Crippen LogP contribution in [0.2, 0.25) is 0 Å². The highest BCUT2D eigenvalue weighted by molar-refractivity contribution is 4.90. The maximum Gasteiger partial charge on any atom is 0.392 e. The Labute approximate surface area is 56.2 Å². The monoisotopic (exact) mass is 156 g/mol. The quantitative estimate of drug-likeness (QED) is 0.539. The van der Waals surface area contributed by atoms with Crippen molar-refractivity contribution in [2.45, 2.75) is 19.0 Å². The molecule has 0 saturated heterocycles. The molecule has 0 heterocycles. The molecule has 0 aromatic carbocycles. The zero-order valence-electron chi connectivity index (χ0n) is 5.29. The highest BCUT2D eigenvalue weighted by atomic mass is 19.4. The van der Waals surface area contributed by atoms with E-state index < -0.39 is 24.7 Å². The van der Waals surface area contributed by atoms with Gasteiger partial charge < -0.3 is 0 Å². The van der Waals surface area contributed by atoms with E-state index in [0.717, 1.165) is 0 Å². The van der Waals surface area contributed by atoms with Crippen molar-refractivity contribution in [3.63, 3.8) is 0 Å². The summed E-state index contributed by atoms with van der Waals surface area (Å²) in [5, 5.41) is 0. The van der Waals surface area contributed by atoms with Crippen LogP contribution >= 0.6 is 0 Å². The molecule has 0 spiro atoms. The second-order valence-electron chi connectivity index (χ2n) is 2.62. The molecule has 4 heteroatoms. The zero-order valence-corrected chi connectivity index (χ0v) is 5.29. The van der Waals surface area contributed by atoms with Crippen LogP contribution in [0.4, 0.5) is 17.6 Å². The van der Waals surface area contributed by atoms with Gasteiger partial charge in [0.15, 0.2) is 0 Å². The fourth-order valence-corrected chi connectivity index (χ4v) is 1.11. The molecule has 1 rings (SSSR count). The Kier molecular flexibility index (Phi) is 1.88. The van der Waals surface area contributed by atoms with E-state index >= 15 is 0 Å². The first-order chi connectivity index (χ1) is 4.55. The third-order valence-corrected chi connectivity index (χ3v) is 1.82. The first-order valence-corrected chi connectivity index (χ1v) is 3.18. The van der Waals surface area contributed by atoms with Crippen molar-refractivity contribution >= 4 is 0 Å². The van der Waals surface area contributed by atoms with Crippen LogP contribution < -0.4 is 0 Å². The van der Waals surface area contributed by atoms with Gasteiger partial charge in [-0.3, -0.25) is 4.39 Å². The predicted octanol–water partition coefficient (Wildman–Crippen LogP) is 2.54. The Hall–Kier alpha value is -0.280. The first kappa shape index (κ1) is 7.82. The summed E-state index contributed by atoms with van der Waals surface area (Å²) >= 11 is 0. The Bertz CT molecular complexity index is 117.